The molecule has 1 aromatic rings. The van der Waals surface area contributed by atoms with Gasteiger partial charge in [0.1, 0.15) is 0 Å². The first-order valence-corrected chi connectivity index (χ1v) is 8.49. The van der Waals surface area contributed by atoms with Crippen LogP contribution in [-0.4, -0.2) is 34.4 Å². The Morgan fingerprint density at radius 3 is 2.77 bits per heavy atom. The lowest BCUT2D eigenvalue weighted by atomic mass is 9.55. The van der Waals surface area contributed by atoms with Crippen molar-refractivity contribution >= 4 is 5.91 Å². The minimum atomic E-state index is 0.00972. The molecule has 3 rings (SSSR count). The second-order valence-corrected chi connectivity index (χ2v) is 6.77. The molecule has 0 bridgehead atoms. The van der Waals surface area contributed by atoms with E-state index in [0.717, 1.165) is 18.7 Å². The van der Waals surface area contributed by atoms with Gasteiger partial charge in [0, 0.05) is 30.8 Å². The summed E-state index contributed by atoms with van der Waals surface area (Å²) in [5.41, 5.74) is 1.77. The summed E-state index contributed by atoms with van der Waals surface area (Å²) < 4.78 is 7.69. The van der Waals surface area contributed by atoms with E-state index in [2.05, 4.69) is 17.3 Å². The van der Waals surface area contributed by atoms with Crippen LogP contribution in [0.2, 0.25) is 0 Å². The number of amides is 1. The maximum absolute atomic E-state index is 12.6. The summed E-state index contributed by atoms with van der Waals surface area (Å²) in [6.45, 7) is 4.75. The normalized spacial score (nSPS) is 26.7. The maximum atomic E-state index is 12.6. The first-order valence-electron chi connectivity index (χ1n) is 8.49. The van der Waals surface area contributed by atoms with Crippen LogP contribution < -0.4 is 5.32 Å². The summed E-state index contributed by atoms with van der Waals surface area (Å²) in [7, 11) is 1.86. The van der Waals surface area contributed by atoms with E-state index >= 15 is 0 Å². The lowest BCUT2D eigenvalue weighted by Crippen LogP contribution is -2.65. The predicted molar refractivity (Wildman–Crippen MR) is 84.7 cm³/mol. The van der Waals surface area contributed by atoms with Gasteiger partial charge in [0.05, 0.1) is 17.9 Å². The topological polar surface area (TPSA) is 56.1 Å². The lowest BCUT2D eigenvalue weighted by molar-refractivity contribution is -0.146. The molecule has 122 valence electrons. The standard InChI is InChI=1S/C17H27N3O2/c1-4-22-15-10-14(17(15)8-6-5-7-9-17)19-16(21)13-11-18-20(3)12(13)2/h11,14-15H,4-10H2,1-3H3,(H,19,21)/t14-,15-/m1/s1. The van der Waals surface area contributed by atoms with Crippen molar-refractivity contribution in [1.82, 2.24) is 15.1 Å². The molecular formula is C17H27N3O2. The average molecular weight is 305 g/mol. The Kier molecular flexibility index (Phi) is 4.26. The third-order valence-corrected chi connectivity index (χ3v) is 5.72. The van der Waals surface area contributed by atoms with Crippen LogP contribution in [0.15, 0.2) is 6.20 Å². The van der Waals surface area contributed by atoms with Gasteiger partial charge in [-0.3, -0.25) is 9.48 Å². The van der Waals surface area contributed by atoms with Gasteiger partial charge in [-0.1, -0.05) is 19.3 Å². The van der Waals surface area contributed by atoms with E-state index in [4.69, 9.17) is 4.74 Å². The number of rotatable bonds is 4. The smallest absolute Gasteiger partial charge is 0.254 e. The molecule has 0 aromatic carbocycles. The highest BCUT2D eigenvalue weighted by Gasteiger charge is 2.56. The highest BCUT2D eigenvalue weighted by molar-refractivity contribution is 5.95. The molecule has 1 amide bonds. The van der Waals surface area contributed by atoms with Crippen molar-refractivity contribution in [3.63, 3.8) is 0 Å². The number of ether oxygens (including phenoxy) is 1. The van der Waals surface area contributed by atoms with E-state index in [1.54, 1.807) is 10.9 Å². The third-order valence-electron chi connectivity index (χ3n) is 5.72. The minimum Gasteiger partial charge on any atom is -0.378 e. The van der Waals surface area contributed by atoms with Gasteiger partial charge in [0.15, 0.2) is 0 Å². The van der Waals surface area contributed by atoms with E-state index in [1.807, 2.05) is 14.0 Å². The number of carbonyl (C=O) groups is 1. The molecule has 1 spiro atoms. The minimum absolute atomic E-state index is 0.00972. The summed E-state index contributed by atoms with van der Waals surface area (Å²) >= 11 is 0. The van der Waals surface area contributed by atoms with Gasteiger partial charge in [-0.2, -0.15) is 5.10 Å². The van der Waals surface area contributed by atoms with Gasteiger partial charge < -0.3 is 10.1 Å². The van der Waals surface area contributed by atoms with Crippen molar-refractivity contribution < 1.29 is 9.53 Å². The monoisotopic (exact) mass is 305 g/mol. The summed E-state index contributed by atoms with van der Waals surface area (Å²) in [5.74, 6) is 0.00972. The van der Waals surface area contributed by atoms with E-state index in [9.17, 15) is 4.79 Å². The molecule has 5 nitrogen and oxygen atoms in total. The Morgan fingerprint density at radius 1 is 1.45 bits per heavy atom. The number of nitrogens with one attached hydrogen (secondary N) is 1. The molecule has 22 heavy (non-hydrogen) atoms. The molecule has 1 heterocycles. The van der Waals surface area contributed by atoms with Crippen LogP contribution in [-0.2, 0) is 11.8 Å². The van der Waals surface area contributed by atoms with Crippen LogP contribution in [0.4, 0.5) is 0 Å². The van der Waals surface area contributed by atoms with Gasteiger partial charge in [-0.05, 0) is 33.1 Å². The Morgan fingerprint density at radius 2 is 2.18 bits per heavy atom. The second-order valence-electron chi connectivity index (χ2n) is 6.77. The van der Waals surface area contributed by atoms with Crippen molar-refractivity contribution in [2.24, 2.45) is 12.5 Å². The average Bonchev–Trinajstić information content (AvgIpc) is 2.87. The Hall–Kier alpha value is -1.36. The molecule has 2 aliphatic rings. The maximum Gasteiger partial charge on any atom is 0.254 e. The van der Waals surface area contributed by atoms with Crippen molar-refractivity contribution in [3.05, 3.63) is 17.5 Å². The molecule has 2 fully saturated rings. The zero-order chi connectivity index (χ0) is 15.7. The van der Waals surface area contributed by atoms with Crippen molar-refractivity contribution in [2.45, 2.75) is 64.5 Å². The number of hydrogen-bond acceptors (Lipinski definition) is 3. The molecule has 5 heteroatoms. The first kappa shape index (κ1) is 15.5. The molecule has 1 aromatic heterocycles. The summed E-state index contributed by atoms with van der Waals surface area (Å²) in [5, 5.41) is 7.43. The van der Waals surface area contributed by atoms with E-state index < -0.39 is 0 Å². The molecular weight excluding hydrogens is 278 g/mol. The fourth-order valence-corrected chi connectivity index (χ4v) is 4.22. The molecule has 2 atom stereocenters. The highest BCUT2D eigenvalue weighted by atomic mass is 16.5. The fourth-order valence-electron chi connectivity index (χ4n) is 4.22. The van der Waals surface area contributed by atoms with Crippen molar-refractivity contribution in [2.75, 3.05) is 6.61 Å². The van der Waals surface area contributed by atoms with Gasteiger partial charge in [0.25, 0.3) is 5.91 Å². The van der Waals surface area contributed by atoms with Crippen LogP contribution in [0.1, 0.15) is 61.5 Å². The molecule has 1 N–H and O–H groups in total. The third kappa shape index (κ3) is 2.45. The fraction of sp³-hybridized carbons (Fsp3) is 0.765. The van der Waals surface area contributed by atoms with E-state index in [1.165, 1.54) is 32.1 Å². The Bertz CT molecular complexity index is 546. The second kappa shape index (κ2) is 6.03. The zero-order valence-corrected chi connectivity index (χ0v) is 13.9. The van der Waals surface area contributed by atoms with Crippen molar-refractivity contribution in [3.8, 4) is 0 Å². The number of aryl methyl sites for hydroxylation is 1. The molecule has 2 saturated carbocycles. The molecule has 2 aliphatic carbocycles. The number of carbonyl (C=O) groups excluding carboxylic acids is 1. The number of nitrogens with zero attached hydrogens (tertiary/aromatic N) is 2. The Balaban J connectivity index is 1.72. The predicted octanol–water partition coefficient (Wildman–Crippen LogP) is 2.59. The SMILES string of the molecule is CCO[C@@H]1C[C@@H](NC(=O)c2cnn(C)c2C)C12CCCCC2. The van der Waals surface area contributed by atoms with Crippen LogP contribution in [0, 0.1) is 12.3 Å². The molecule has 0 aliphatic heterocycles. The van der Waals surface area contributed by atoms with Gasteiger partial charge in [-0.15, -0.1) is 0 Å². The number of aromatic nitrogens is 2. The first-order chi connectivity index (χ1) is 10.6. The highest BCUT2D eigenvalue weighted by Crippen LogP contribution is 2.53. The van der Waals surface area contributed by atoms with Gasteiger partial charge in [0.2, 0.25) is 0 Å². The van der Waals surface area contributed by atoms with Crippen LogP contribution in [0.25, 0.3) is 0 Å². The zero-order valence-electron chi connectivity index (χ0n) is 13.9. The van der Waals surface area contributed by atoms with Gasteiger partial charge >= 0.3 is 0 Å². The summed E-state index contributed by atoms with van der Waals surface area (Å²) in [6.07, 6.45) is 9.09. The van der Waals surface area contributed by atoms with Crippen LogP contribution in [0.5, 0.6) is 0 Å². The summed E-state index contributed by atoms with van der Waals surface area (Å²) in [4.78, 5) is 12.6. The molecule has 0 saturated heterocycles. The van der Waals surface area contributed by atoms with Gasteiger partial charge in [-0.25, -0.2) is 0 Å². The Labute approximate surface area is 132 Å². The molecule has 0 unspecified atom stereocenters. The van der Waals surface area contributed by atoms with Crippen LogP contribution >= 0.6 is 0 Å². The quantitative estimate of drug-likeness (QED) is 0.930. The van der Waals surface area contributed by atoms with Crippen LogP contribution in [0.3, 0.4) is 0 Å². The van der Waals surface area contributed by atoms with E-state index in [0.29, 0.717) is 11.7 Å². The van der Waals surface area contributed by atoms with Crippen molar-refractivity contribution in [1.29, 1.82) is 0 Å². The summed E-state index contributed by atoms with van der Waals surface area (Å²) in [6, 6.07) is 0.247. The largest absolute Gasteiger partial charge is 0.378 e. The lowest BCUT2D eigenvalue weighted by Gasteiger charge is -2.57. The van der Waals surface area contributed by atoms with E-state index in [-0.39, 0.29) is 17.4 Å². The molecule has 0 radical (unpaired) electrons. The number of hydrogen-bond donors (Lipinski definition) is 1.